The summed E-state index contributed by atoms with van der Waals surface area (Å²) in [5.74, 6) is 0.0320. The maximum absolute atomic E-state index is 12.4. The van der Waals surface area contributed by atoms with Crippen molar-refractivity contribution in [2.45, 2.75) is 32.9 Å². The molecule has 3 nitrogen and oxygen atoms in total. The van der Waals surface area contributed by atoms with Crippen molar-refractivity contribution in [2.75, 3.05) is 0 Å². The molecule has 2 aromatic heterocycles. The summed E-state index contributed by atoms with van der Waals surface area (Å²) in [4.78, 5) is 13.5. The summed E-state index contributed by atoms with van der Waals surface area (Å²) in [5, 5.41) is 6.84. The zero-order valence-electron chi connectivity index (χ0n) is 13.2. The summed E-state index contributed by atoms with van der Waals surface area (Å²) in [7, 11) is 0. The molecule has 0 bridgehead atoms. The molecule has 0 aliphatic heterocycles. The third kappa shape index (κ3) is 3.43. The molecule has 3 aromatic rings. The van der Waals surface area contributed by atoms with Crippen LogP contribution in [0.3, 0.4) is 0 Å². The molecule has 0 saturated heterocycles. The minimum atomic E-state index is 0.0320. The Bertz CT molecular complexity index is 823. The SMILES string of the molecule is CCC(C)NC(=O)Cn1c(-c2cccs2)cc2cc(Cl)ccc21. The number of rotatable bonds is 5. The number of halogens is 1. The molecule has 0 spiro atoms. The fraction of sp³-hybridized carbons (Fsp3) is 0.278. The van der Waals surface area contributed by atoms with E-state index in [1.807, 2.05) is 36.6 Å². The van der Waals surface area contributed by atoms with Crippen molar-refractivity contribution < 1.29 is 4.79 Å². The van der Waals surface area contributed by atoms with Gasteiger partial charge in [-0.3, -0.25) is 4.79 Å². The van der Waals surface area contributed by atoms with E-state index in [4.69, 9.17) is 11.6 Å². The molecule has 0 saturated carbocycles. The van der Waals surface area contributed by atoms with E-state index < -0.39 is 0 Å². The van der Waals surface area contributed by atoms with Gasteiger partial charge in [0.15, 0.2) is 0 Å². The summed E-state index contributed by atoms with van der Waals surface area (Å²) >= 11 is 7.78. The Morgan fingerprint density at radius 1 is 1.35 bits per heavy atom. The van der Waals surface area contributed by atoms with Gasteiger partial charge in [-0.15, -0.1) is 11.3 Å². The second-order valence-electron chi connectivity index (χ2n) is 5.67. The first kappa shape index (κ1) is 16.1. The Balaban J connectivity index is 2.02. The van der Waals surface area contributed by atoms with E-state index in [2.05, 4.69) is 28.9 Å². The molecule has 0 radical (unpaired) electrons. The van der Waals surface area contributed by atoms with E-state index in [1.165, 1.54) is 0 Å². The minimum absolute atomic E-state index is 0.0320. The zero-order valence-corrected chi connectivity index (χ0v) is 14.7. The highest BCUT2D eigenvalue weighted by Gasteiger charge is 2.15. The summed E-state index contributed by atoms with van der Waals surface area (Å²) in [6.45, 7) is 4.39. The van der Waals surface area contributed by atoms with Crippen LogP contribution in [0.15, 0.2) is 41.8 Å². The Hall–Kier alpha value is -1.78. The molecule has 3 rings (SSSR count). The van der Waals surface area contributed by atoms with E-state index >= 15 is 0 Å². The minimum Gasteiger partial charge on any atom is -0.352 e. The standard InChI is InChI=1S/C18H19ClN2OS/c1-3-12(2)20-18(22)11-21-15-7-6-14(19)9-13(15)10-16(21)17-5-4-8-23-17/h4-10,12H,3,11H2,1-2H3,(H,20,22). The lowest BCUT2D eigenvalue weighted by Gasteiger charge is -2.14. The molecular formula is C18H19ClN2OS. The first-order chi connectivity index (χ1) is 11.1. The van der Waals surface area contributed by atoms with Crippen molar-refractivity contribution in [2.24, 2.45) is 0 Å². The largest absolute Gasteiger partial charge is 0.352 e. The molecule has 0 aliphatic rings. The van der Waals surface area contributed by atoms with Crippen LogP contribution in [0.5, 0.6) is 0 Å². The molecule has 1 amide bonds. The number of hydrogen-bond acceptors (Lipinski definition) is 2. The van der Waals surface area contributed by atoms with E-state index in [0.717, 1.165) is 27.9 Å². The fourth-order valence-electron chi connectivity index (χ4n) is 2.61. The number of carbonyl (C=O) groups is 1. The van der Waals surface area contributed by atoms with Crippen LogP contribution in [0.1, 0.15) is 20.3 Å². The number of carbonyl (C=O) groups excluding carboxylic acids is 1. The van der Waals surface area contributed by atoms with Crippen LogP contribution in [-0.4, -0.2) is 16.5 Å². The van der Waals surface area contributed by atoms with E-state index in [-0.39, 0.29) is 11.9 Å². The molecule has 0 aliphatic carbocycles. The topological polar surface area (TPSA) is 34.0 Å². The molecule has 1 unspecified atom stereocenters. The molecule has 1 aromatic carbocycles. The highest BCUT2D eigenvalue weighted by Crippen LogP contribution is 2.32. The molecule has 5 heteroatoms. The van der Waals surface area contributed by atoms with E-state index in [1.54, 1.807) is 11.3 Å². The van der Waals surface area contributed by atoms with E-state index in [0.29, 0.717) is 11.6 Å². The Labute approximate surface area is 144 Å². The number of nitrogens with one attached hydrogen (secondary N) is 1. The first-order valence-corrected chi connectivity index (χ1v) is 8.96. The molecular weight excluding hydrogens is 328 g/mol. The fourth-order valence-corrected chi connectivity index (χ4v) is 3.54. The van der Waals surface area contributed by atoms with Gasteiger partial charge in [0, 0.05) is 22.0 Å². The number of aromatic nitrogens is 1. The number of hydrogen-bond donors (Lipinski definition) is 1. The zero-order chi connectivity index (χ0) is 16.4. The van der Waals surface area contributed by atoms with Gasteiger partial charge in [-0.2, -0.15) is 0 Å². The summed E-state index contributed by atoms with van der Waals surface area (Å²) in [6.07, 6.45) is 0.922. The monoisotopic (exact) mass is 346 g/mol. The lowest BCUT2D eigenvalue weighted by Crippen LogP contribution is -2.34. The van der Waals surface area contributed by atoms with Gasteiger partial charge in [-0.25, -0.2) is 0 Å². The predicted octanol–water partition coefficient (Wildman–Crippen LogP) is 4.94. The van der Waals surface area contributed by atoms with Crippen LogP contribution in [0.2, 0.25) is 5.02 Å². The van der Waals surface area contributed by atoms with Crippen LogP contribution in [0.25, 0.3) is 21.5 Å². The maximum atomic E-state index is 12.4. The second kappa shape index (κ2) is 6.77. The van der Waals surface area contributed by atoms with Crippen molar-refractivity contribution in [1.29, 1.82) is 0 Å². The second-order valence-corrected chi connectivity index (χ2v) is 7.06. The van der Waals surface area contributed by atoms with E-state index in [9.17, 15) is 4.79 Å². The van der Waals surface area contributed by atoms with Crippen LogP contribution in [-0.2, 0) is 11.3 Å². The highest BCUT2D eigenvalue weighted by atomic mass is 35.5. The number of nitrogens with zero attached hydrogens (tertiary/aromatic N) is 1. The van der Waals surface area contributed by atoms with Gasteiger partial charge in [0.25, 0.3) is 0 Å². The van der Waals surface area contributed by atoms with Gasteiger partial charge in [0.05, 0.1) is 10.6 Å². The molecule has 2 heterocycles. The van der Waals surface area contributed by atoms with Crippen LogP contribution < -0.4 is 5.32 Å². The molecule has 120 valence electrons. The molecule has 1 N–H and O–H groups in total. The molecule has 23 heavy (non-hydrogen) atoms. The summed E-state index contributed by atoms with van der Waals surface area (Å²) in [5.41, 5.74) is 2.08. The van der Waals surface area contributed by atoms with Crippen LogP contribution in [0.4, 0.5) is 0 Å². The van der Waals surface area contributed by atoms with Gasteiger partial charge in [0.1, 0.15) is 6.54 Å². The Kier molecular flexibility index (Phi) is 4.74. The van der Waals surface area contributed by atoms with Crippen molar-refractivity contribution in [3.8, 4) is 10.6 Å². The lowest BCUT2D eigenvalue weighted by molar-refractivity contribution is -0.122. The maximum Gasteiger partial charge on any atom is 0.240 e. The molecule has 0 fully saturated rings. The smallest absolute Gasteiger partial charge is 0.240 e. The average molecular weight is 347 g/mol. The van der Waals surface area contributed by atoms with Gasteiger partial charge in [-0.05, 0) is 49.1 Å². The number of fused-ring (bicyclic) bond motifs is 1. The van der Waals surface area contributed by atoms with Gasteiger partial charge in [-0.1, -0.05) is 24.6 Å². The van der Waals surface area contributed by atoms with Crippen LogP contribution >= 0.6 is 22.9 Å². The van der Waals surface area contributed by atoms with Gasteiger partial charge in [0.2, 0.25) is 5.91 Å². The molecule has 1 atom stereocenters. The Morgan fingerprint density at radius 3 is 2.87 bits per heavy atom. The van der Waals surface area contributed by atoms with Crippen molar-refractivity contribution in [3.63, 3.8) is 0 Å². The number of thiophene rings is 1. The number of amides is 1. The van der Waals surface area contributed by atoms with Crippen molar-refractivity contribution >= 4 is 39.7 Å². The predicted molar refractivity (Wildman–Crippen MR) is 98.2 cm³/mol. The van der Waals surface area contributed by atoms with Crippen LogP contribution in [0, 0.1) is 0 Å². The average Bonchev–Trinajstić information content (AvgIpc) is 3.14. The normalized spacial score (nSPS) is 12.5. The van der Waals surface area contributed by atoms with Gasteiger partial charge < -0.3 is 9.88 Å². The lowest BCUT2D eigenvalue weighted by atomic mass is 10.2. The Morgan fingerprint density at radius 2 is 2.17 bits per heavy atom. The third-order valence-electron chi connectivity index (χ3n) is 3.96. The summed E-state index contributed by atoms with van der Waals surface area (Å²) < 4.78 is 2.06. The first-order valence-electron chi connectivity index (χ1n) is 7.70. The highest BCUT2D eigenvalue weighted by molar-refractivity contribution is 7.13. The van der Waals surface area contributed by atoms with Gasteiger partial charge >= 0.3 is 0 Å². The number of benzene rings is 1. The van der Waals surface area contributed by atoms with Crippen molar-refractivity contribution in [3.05, 3.63) is 46.8 Å². The third-order valence-corrected chi connectivity index (χ3v) is 5.09. The quantitative estimate of drug-likeness (QED) is 0.697. The van der Waals surface area contributed by atoms with Crippen molar-refractivity contribution in [1.82, 2.24) is 9.88 Å². The summed E-state index contributed by atoms with van der Waals surface area (Å²) in [6, 6.07) is 12.2.